The molecule has 0 aliphatic heterocycles. The monoisotopic (exact) mass is 188 g/mol. The van der Waals surface area contributed by atoms with Gasteiger partial charge in [-0.25, -0.2) is 0 Å². The predicted molar refractivity (Wildman–Crippen MR) is 61.7 cm³/mol. The summed E-state index contributed by atoms with van der Waals surface area (Å²) in [5.74, 6) is 0.834. The summed E-state index contributed by atoms with van der Waals surface area (Å²) in [4.78, 5) is 0. The maximum Gasteiger partial charge on any atom is -0.0241 e. The fourth-order valence-electron chi connectivity index (χ4n) is 1.32. The van der Waals surface area contributed by atoms with Gasteiger partial charge in [0.15, 0.2) is 0 Å². The fourth-order valence-corrected chi connectivity index (χ4v) is 1.55. The lowest BCUT2D eigenvalue weighted by Crippen LogP contribution is -2.06. The van der Waals surface area contributed by atoms with Gasteiger partial charge < -0.3 is 0 Å². The first kappa shape index (κ1) is 12.4. The van der Waals surface area contributed by atoms with Gasteiger partial charge in [0.2, 0.25) is 0 Å². The lowest BCUT2D eigenvalue weighted by Gasteiger charge is -2.14. The molecule has 0 fully saturated rings. The van der Waals surface area contributed by atoms with Gasteiger partial charge in [-0.2, -0.15) is 0 Å². The first-order valence-corrected chi connectivity index (χ1v) is 6.10. The van der Waals surface area contributed by atoms with Crippen LogP contribution in [0.3, 0.4) is 0 Å². The zero-order valence-electron chi connectivity index (χ0n) is 8.97. The Morgan fingerprint density at radius 3 is 2.08 bits per heavy atom. The molecule has 0 saturated carbocycles. The third-order valence-electron chi connectivity index (χ3n) is 2.50. The Bertz CT molecular complexity index is 89.0. The van der Waals surface area contributed by atoms with Crippen molar-refractivity contribution in [1.29, 1.82) is 0 Å². The average molecular weight is 188 g/mol. The van der Waals surface area contributed by atoms with Crippen LogP contribution in [-0.2, 0) is 0 Å². The van der Waals surface area contributed by atoms with E-state index < -0.39 is 0 Å². The van der Waals surface area contributed by atoms with Crippen LogP contribution in [0.5, 0.6) is 0 Å². The van der Waals surface area contributed by atoms with Gasteiger partial charge in [-0.1, -0.05) is 52.9 Å². The van der Waals surface area contributed by atoms with E-state index in [-0.39, 0.29) is 0 Å². The molecule has 0 heterocycles. The van der Waals surface area contributed by atoms with E-state index >= 15 is 0 Å². The van der Waals surface area contributed by atoms with Crippen molar-refractivity contribution < 1.29 is 0 Å². The van der Waals surface area contributed by atoms with Gasteiger partial charge in [-0.3, -0.25) is 0 Å². The van der Waals surface area contributed by atoms with E-state index in [4.69, 9.17) is 0 Å². The highest BCUT2D eigenvalue weighted by Crippen LogP contribution is 2.19. The third-order valence-corrected chi connectivity index (χ3v) is 3.60. The van der Waals surface area contributed by atoms with E-state index in [1.807, 2.05) is 0 Å². The van der Waals surface area contributed by atoms with Crippen LogP contribution < -0.4 is 0 Å². The van der Waals surface area contributed by atoms with Crippen LogP contribution in [0.4, 0.5) is 0 Å². The SMILES string of the molecule is CCCCCCCC(P)C(C)C. The zero-order valence-corrected chi connectivity index (χ0v) is 10.1. The predicted octanol–water partition coefficient (Wildman–Crippen LogP) is 4.25. The number of rotatable bonds is 7. The second-order valence-electron chi connectivity index (χ2n) is 4.11. The topological polar surface area (TPSA) is 0 Å². The van der Waals surface area contributed by atoms with Gasteiger partial charge in [0.1, 0.15) is 0 Å². The molecular formula is C11H25P. The van der Waals surface area contributed by atoms with Crippen LogP contribution in [0.1, 0.15) is 59.3 Å². The van der Waals surface area contributed by atoms with Crippen LogP contribution >= 0.6 is 9.24 Å². The summed E-state index contributed by atoms with van der Waals surface area (Å²) in [6.07, 6.45) is 8.47. The van der Waals surface area contributed by atoms with Gasteiger partial charge in [-0.05, 0) is 18.0 Å². The Hall–Kier alpha value is 0.430. The molecule has 0 spiro atoms. The van der Waals surface area contributed by atoms with Crippen LogP contribution in [0, 0.1) is 5.92 Å². The molecule has 0 nitrogen and oxygen atoms in total. The summed E-state index contributed by atoms with van der Waals surface area (Å²) in [6, 6.07) is 0. The van der Waals surface area contributed by atoms with E-state index in [0.717, 1.165) is 11.6 Å². The Kier molecular flexibility index (Phi) is 8.34. The molecule has 0 saturated heterocycles. The standard InChI is InChI=1S/C11H25P/c1-4-5-6-7-8-9-11(12)10(2)3/h10-11H,4-9,12H2,1-3H3. The average Bonchev–Trinajstić information content (AvgIpc) is 2.03. The summed E-state index contributed by atoms with van der Waals surface area (Å²) in [5, 5.41) is 0. The molecule has 0 rings (SSSR count). The van der Waals surface area contributed by atoms with E-state index in [2.05, 4.69) is 30.0 Å². The molecule has 0 N–H and O–H groups in total. The largest absolute Gasteiger partial charge is 0.134 e. The van der Waals surface area contributed by atoms with Gasteiger partial charge >= 0.3 is 0 Å². The Balaban J connectivity index is 3.08. The highest BCUT2D eigenvalue weighted by Gasteiger charge is 2.05. The first-order chi connectivity index (χ1) is 5.68. The molecule has 0 aromatic rings. The lowest BCUT2D eigenvalue weighted by molar-refractivity contribution is 0.527. The maximum absolute atomic E-state index is 2.97. The van der Waals surface area contributed by atoms with Crippen molar-refractivity contribution in [2.24, 2.45) is 5.92 Å². The van der Waals surface area contributed by atoms with Crippen molar-refractivity contribution in [1.82, 2.24) is 0 Å². The van der Waals surface area contributed by atoms with Crippen LogP contribution in [-0.4, -0.2) is 5.66 Å². The van der Waals surface area contributed by atoms with Crippen LogP contribution in [0.25, 0.3) is 0 Å². The normalized spacial score (nSPS) is 13.8. The van der Waals surface area contributed by atoms with E-state index in [9.17, 15) is 0 Å². The summed E-state index contributed by atoms with van der Waals surface area (Å²) < 4.78 is 0. The van der Waals surface area contributed by atoms with Crippen molar-refractivity contribution in [3.05, 3.63) is 0 Å². The smallest absolute Gasteiger partial charge is 0.0241 e. The van der Waals surface area contributed by atoms with E-state index in [0.29, 0.717) is 0 Å². The van der Waals surface area contributed by atoms with Gasteiger partial charge in [-0.15, -0.1) is 9.24 Å². The number of unbranched alkanes of at least 4 members (excludes halogenated alkanes) is 4. The highest BCUT2D eigenvalue weighted by atomic mass is 31.0. The van der Waals surface area contributed by atoms with Crippen LogP contribution in [0.2, 0.25) is 0 Å². The van der Waals surface area contributed by atoms with E-state index in [1.165, 1.54) is 38.5 Å². The minimum atomic E-state index is 0.834. The minimum absolute atomic E-state index is 0.834. The maximum atomic E-state index is 2.97. The molecule has 2 atom stereocenters. The van der Waals surface area contributed by atoms with Gasteiger partial charge in [0, 0.05) is 0 Å². The molecule has 0 aromatic heterocycles. The molecule has 1 heteroatoms. The first-order valence-electron chi connectivity index (χ1n) is 5.44. The second-order valence-corrected chi connectivity index (χ2v) is 4.97. The summed E-state index contributed by atoms with van der Waals surface area (Å²) in [7, 11) is 2.97. The number of hydrogen-bond acceptors (Lipinski definition) is 0. The quantitative estimate of drug-likeness (QED) is 0.414. The third kappa shape index (κ3) is 7.10. The Morgan fingerprint density at radius 1 is 1.00 bits per heavy atom. The zero-order chi connectivity index (χ0) is 9.40. The van der Waals surface area contributed by atoms with Crippen molar-refractivity contribution in [2.45, 2.75) is 65.0 Å². The van der Waals surface area contributed by atoms with Crippen molar-refractivity contribution in [2.75, 3.05) is 0 Å². The molecule has 0 amide bonds. The molecule has 2 unspecified atom stereocenters. The molecule has 12 heavy (non-hydrogen) atoms. The molecule has 74 valence electrons. The number of hydrogen-bond donors (Lipinski definition) is 0. The fraction of sp³-hybridized carbons (Fsp3) is 1.00. The second kappa shape index (κ2) is 8.05. The van der Waals surface area contributed by atoms with Crippen molar-refractivity contribution in [3.63, 3.8) is 0 Å². The molecule has 0 aromatic carbocycles. The summed E-state index contributed by atoms with van der Waals surface area (Å²) in [5.41, 5.74) is 0.839. The van der Waals surface area contributed by atoms with Crippen molar-refractivity contribution >= 4 is 9.24 Å². The summed E-state index contributed by atoms with van der Waals surface area (Å²) in [6.45, 7) is 6.89. The van der Waals surface area contributed by atoms with Crippen molar-refractivity contribution in [3.8, 4) is 0 Å². The Labute approximate surface area is 80.7 Å². The van der Waals surface area contributed by atoms with E-state index in [1.54, 1.807) is 0 Å². The molecule has 0 bridgehead atoms. The molecule has 0 aliphatic carbocycles. The van der Waals surface area contributed by atoms with Gasteiger partial charge in [0.05, 0.1) is 0 Å². The Morgan fingerprint density at radius 2 is 1.58 bits per heavy atom. The van der Waals surface area contributed by atoms with Crippen LogP contribution in [0.15, 0.2) is 0 Å². The lowest BCUT2D eigenvalue weighted by atomic mass is 10.0. The minimum Gasteiger partial charge on any atom is -0.134 e. The molecular weight excluding hydrogens is 163 g/mol. The molecule has 0 radical (unpaired) electrons. The highest BCUT2D eigenvalue weighted by molar-refractivity contribution is 7.17. The van der Waals surface area contributed by atoms with Gasteiger partial charge in [0.25, 0.3) is 0 Å². The summed E-state index contributed by atoms with van der Waals surface area (Å²) >= 11 is 0. The molecule has 0 aliphatic rings.